The Balaban J connectivity index is 2.10. The topological polar surface area (TPSA) is 38.3 Å². The van der Waals surface area contributed by atoms with Gasteiger partial charge >= 0.3 is 5.97 Å². The molecule has 2 rings (SSSR count). The Hall–Kier alpha value is -0.770. The number of methoxy groups -OCH3 is 1. The van der Waals surface area contributed by atoms with E-state index in [1.165, 1.54) is 7.11 Å². The van der Waals surface area contributed by atoms with Crippen LogP contribution in [0.1, 0.15) is 31.4 Å². The van der Waals surface area contributed by atoms with Crippen molar-refractivity contribution < 1.29 is 9.53 Å². The van der Waals surface area contributed by atoms with Crippen molar-refractivity contribution in [2.75, 3.05) is 7.11 Å². The number of nitrogens with one attached hydrogen (secondary N) is 1. The largest absolute Gasteiger partial charge is 0.468 e. The van der Waals surface area contributed by atoms with Crippen molar-refractivity contribution in [3.8, 4) is 0 Å². The van der Waals surface area contributed by atoms with E-state index < -0.39 is 0 Å². The van der Waals surface area contributed by atoms with Crippen molar-refractivity contribution >= 4 is 29.2 Å². The van der Waals surface area contributed by atoms with Crippen LogP contribution in [0.15, 0.2) is 18.2 Å². The Kier molecular flexibility index (Phi) is 4.71. The third kappa shape index (κ3) is 3.62. The number of rotatable bonds is 5. The standard InChI is InChI=1S/C14H17Cl2NO2/c1-8(11-6-5-10(15)7-12(11)16)17-13(9-3-4-9)14(18)19-2/h5-9,13,17H,3-4H2,1-2H3. The highest BCUT2D eigenvalue weighted by Crippen LogP contribution is 2.35. The first-order valence-electron chi connectivity index (χ1n) is 6.31. The smallest absolute Gasteiger partial charge is 0.323 e. The van der Waals surface area contributed by atoms with E-state index in [4.69, 9.17) is 27.9 Å². The molecule has 0 amide bonds. The highest BCUT2D eigenvalue weighted by molar-refractivity contribution is 6.35. The molecule has 0 saturated heterocycles. The number of hydrogen-bond donors (Lipinski definition) is 1. The lowest BCUT2D eigenvalue weighted by atomic mass is 10.1. The van der Waals surface area contributed by atoms with E-state index in [1.54, 1.807) is 12.1 Å². The molecule has 2 atom stereocenters. The molecule has 19 heavy (non-hydrogen) atoms. The van der Waals surface area contributed by atoms with E-state index in [1.807, 2.05) is 13.0 Å². The van der Waals surface area contributed by atoms with E-state index in [2.05, 4.69) is 5.32 Å². The van der Waals surface area contributed by atoms with Gasteiger partial charge in [-0.3, -0.25) is 10.1 Å². The van der Waals surface area contributed by atoms with Gasteiger partial charge in [-0.15, -0.1) is 0 Å². The predicted molar refractivity (Wildman–Crippen MR) is 76.5 cm³/mol. The second-order valence-electron chi connectivity index (χ2n) is 4.89. The highest BCUT2D eigenvalue weighted by atomic mass is 35.5. The van der Waals surface area contributed by atoms with E-state index in [-0.39, 0.29) is 18.1 Å². The summed E-state index contributed by atoms with van der Waals surface area (Å²) in [5.74, 6) is 0.167. The molecule has 0 aromatic heterocycles. The SMILES string of the molecule is COC(=O)C(NC(C)c1ccc(Cl)cc1Cl)C1CC1. The molecule has 1 aliphatic rings. The van der Waals surface area contributed by atoms with Crippen LogP contribution in [-0.4, -0.2) is 19.1 Å². The summed E-state index contributed by atoms with van der Waals surface area (Å²) >= 11 is 12.1. The zero-order chi connectivity index (χ0) is 14.0. The lowest BCUT2D eigenvalue weighted by molar-refractivity contribution is -0.144. The maximum Gasteiger partial charge on any atom is 0.323 e. The normalized spacial score (nSPS) is 17.9. The maximum absolute atomic E-state index is 11.8. The average Bonchev–Trinajstić information content (AvgIpc) is 3.19. The number of esters is 1. The third-order valence-electron chi connectivity index (χ3n) is 3.41. The van der Waals surface area contributed by atoms with E-state index in [9.17, 15) is 4.79 Å². The number of carbonyl (C=O) groups is 1. The lowest BCUT2D eigenvalue weighted by Gasteiger charge is -2.22. The molecule has 1 aromatic rings. The van der Waals surface area contributed by atoms with Crippen molar-refractivity contribution in [2.45, 2.75) is 31.8 Å². The summed E-state index contributed by atoms with van der Waals surface area (Å²) in [7, 11) is 1.42. The van der Waals surface area contributed by atoms with Crippen molar-refractivity contribution in [1.82, 2.24) is 5.32 Å². The van der Waals surface area contributed by atoms with E-state index >= 15 is 0 Å². The molecule has 0 heterocycles. The molecular formula is C14H17Cl2NO2. The molecule has 1 aliphatic carbocycles. The Morgan fingerprint density at radius 3 is 2.63 bits per heavy atom. The first-order chi connectivity index (χ1) is 9.02. The Morgan fingerprint density at radius 2 is 2.11 bits per heavy atom. The van der Waals surface area contributed by atoms with Gasteiger partial charge in [0.05, 0.1) is 7.11 Å². The number of ether oxygens (including phenoxy) is 1. The fraction of sp³-hybridized carbons (Fsp3) is 0.500. The number of carbonyl (C=O) groups excluding carboxylic acids is 1. The first-order valence-corrected chi connectivity index (χ1v) is 7.07. The summed E-state index contributed by atoms with van der Waals surface area (Å²) in [5, 5.41) is 4.51. The summed E-state index contributed by atoms with van der Waals surface area (Å²) in [6, 6.07) is 5.09. The van der Waals surface area contributed by atoms with Crippen LogP contribution in [-0.2, 0) is 9.53 Å². The molecule has 0 aliphatic heterocycles. The minimum absolute atomic E-state index is 0.0329. The van der Waals surface area contributed by atoms with Crippen LogP contribution in [0.25, 0.3) is 0 Å². The Bertz CT molecular complexity index is 475. The van der Waals surface area contributed by atoms with Gasteiger partial charge in [-0.25, -0.2) is 0 Å². The van der Waals surface area contributed by atoms with Crippen LogP contribution >= 0.6 is 23.2 Å². The molecule has 1 saturated carbocycles. The minimum atomic E-state index is -0.258. The van der Waals surface area contributed by atoms with Gasteiger partial charge in [-0.05, 0) is 43.4 Å². The lowest BCUT2D eigenvalue weighted by Crippen LogP contribution is -2.40. The van der Waals surface area contributed by atoms with Gasteiger partial charge < -0.3 is 4.74 Å². The monoisotopic (exact) mass is 301 g/mol. The number of benzene rings is 1. The fourth-order valence-electron chi connectivity index (χ4n) is 2.16. The van der Waals surface area contributed by atoms with Crippen LogP contribution in [0.5, 0.6) is 0 Å². The molecule has 2 unspecified atom stereocenters. The van der Waals surface area contributed by atoms with E-state index in [0.29, 0.717) is 16.0 Å². The fourth-order valence-corrected chi connectivity index (χ4v) is 2.74. The molecule has 0 spiro atoms. The van der Waals surface area contributed by atoms with Crippen LogP contribution in [0.2, 0.25) is 10.0 Å². The summed E-state index contributed by atoms with van der Waals surface area (Å²) in [5.41, 5.74) is 0.931. The van der Waals surface area contributed by atoms with Crippen molar-refractivity contribution in [2.24, 2.45) is 5.92 Å². The Labute approximate surface area is 123 Å². The summed E-state index contributed by atoms with van der Waals surface area (Å²) in [6.45, 7) is 1.98. The molecule has 0 bridgehead atoms. The van der Waals surface area contributed by atoms with Crippen molar-refractivity contribution in [1.29, 1.82) is 0 Å². The van der Waals surface area contributed by atoms with Gasteiger partial charge in [0.25, 0.3) is 0 Å². The zero-order valence-corrected chi connectivity index (χ0v) is 12.5. The van der Waals surface area contributed by atoms with Gasteiger partial charge in [0.1, 0.15) is 6.04 Å². The van der Waals surface area contributed by atoms with Crippen LogP contribution in [0, 0.1) is 5.92 Å². The van der Waals surface area contributed by atoms with E-state index in [0.717, 1.165) is 18.4 Å². The van der Waals surface area contributed by atoms with Gasteiger partial charge in [0.2, 0.25) is 0 Å². The number of halogens is 2. The van der Waals surface area contributed by atoms with Crippen molar-refractivity contribution in [3.05, 3.63) is 33.8 Å². The Morgan fingerprint density at radius 1 is 1.42 bits per heavy atom. The minimum Gasteiger partial charge on any atom is -0.468 e. The molecule has 1 fully saturated rings. The molecular weight excluding hydrogens is 285 g/mol. The summed E-state index contributed by atoms with van der Waals surface area (Å²) < 4.78 is 4.84. The maximum atomic E-state index is 11.8. The van der Waals surface area contributed by atoms with Gasteiger partial charge in [-0.2, -0.15) is 0 Å². The summed E-state index contributed by atoms with van der Waals surface area (Å²) in [6.07, 6.45) is 2.13. The zero-order valence-electron chi connectivity index (χ0n) is 11.0. The van der Waals surface area contributed by atoms with Crippen LogP contribution in [0.4, 0.5) is 0 Å². The van der Waals surface area contributed by atoms with Gasteiger partial charge in [-0.1, -0.05) is 29.3 Å². The highest BCUT2D eigenvalue weighted by Gasteiger charge is 2.37. The molecule has 5 heteroatoms. The second-order valence-corrected chi connectivity index (χ2v) is 5.74. The van der Waals surface area contributed by atoms with Crippen LogP contribution < -0.4 is 5.32 Å². The quantitative estimate of drug-likeness (QED) is 0.845. The first kappa shape index (κ1) is 14.6. The summed E-state index contributed by atoms with van der Waals surface area (Å²) in [4.78, 5) is 11.8. The van der Waals surface area contributed by atoms with Crippen molar-refractivity contribution in [3.63, 3.8) is 0 Å². The van der Waals surface area contributed by atoms with Gasteiger partial charge in [0.15, 0.2) is 0 Å². The molecule has 1 N–H and O–H groups in total. The average molecular weight is 302 g/mol. The van der Waals surface area contributed by atoms with Crippen LogP contribution in [0.3, 0.4) is 0 Å². The predicted octanol–water partition coefficient (Wildman–Crippen LogP) is 3.60. The third-order valence-corrected chi connectivity index (χ3v) is 3.97. The molecule has 3 nitrogen and oxygen atoms in total. The second kappa shape index (κ2) is 6.12. The van der Waals surface area contributed by atoms with Gasteiger partial charge in [0, 0.05) is 16.1 Å². The molecule has 1 aromatic carbocycles. The number of hydrogen-bond acceptors (Lipinski definition) is 3. The molecule has 0 radical (unpaired) electrons. The molecule has 104 valence electrons.